The number of amides is 1. The molecule has 8 nitrogen and oxygen atoms in total. The lowest BCUT2D eigenvalue weighted by Crippen LogP contribution is -2.41. The molecule has 0 N–H and O–H groups in total. The van der Waals surface area contributed by atoms with Gasteiger partial charge in [-0.15, -0.1) is 0 Å². The topological polar surface area (TPSA) is 90.8 Å². The van der Waals surface area contributed by atoms with Gasteiger partial charge in [0, 0.05) is 31.8 Å². The van der Waals surface area contributed by atoms with Crippen LogP contribution in [0.4, 0.5) is 0 Å². The fourth-order valence-electron chi connectivity index (χ4n) is 3.30. The number of aromatic nitrogens is 2. The Morgan fingerprint density at radius 3 is 2.76 bits per heavy atom. The number of ether oxygens (including phenoxy) is 2. The van der Waals surface area contributed by atoms with Crippen molar-refractivity contribution in [3.63, 3.8) is 0 Å². The molecule has 0 bridgehead atoms. The standard InChI is InChI=1S/C17H21N3O5/c21-15(20-7-5-12(6-8-20)17-23-10-11-24-17)4-3-14-18-16(19-25-14)13-2-1-9-22-13/h1-2,9,12,17H,3-8,10-11H2. The van der Waals surface area contributed by atoms with Crippen molar-refractivity contribution in [1.29, 1.82) is 0 Å². The van der Waals surface area contributed by atoms with Gasteiger partial charge in [0.1, 0.15) is 0 Å². The quantitative estimate of drug-likeness (QED) is 0.815. The van der Waals surface area contributed by atoms with E-state index in [1.54, 1.807) is 18.4 Å². The predicted octanol–water partition coefficient (Wildman–Crippen LogP) is 1.87. The summed E-state index contributed by atoms with van der Waals surface area (Å²) >= 11 is 0. The molecule has 134 valence electrons. The Balaban J connectivity index is 1.24. The molecule has 0 spiro atoms. The summed E-state index contributed by atoms with van der Waals surface area (Å²) in [5.74, 6) is 1.91. The Morgan fingerprint density at radius 1 is 1.24 bits per heavy atom. The molecular formula is C17H21N3O5. The average molecular weight is 347 g/mol. The third kappa shape index (κ3) is 3.74. The van der Waals surface area contributed by atoms with E-state index in [0.29, 0.717) is 49.4 Å². The Bertz CT molecular complexity index is 685. The number of hydrogen-bond acceptors (Lipinski definition) is 7. The zero-order valence-electron chi connectivity index (χ0n) is 13.9. The normalized spacial score (nSPS) is 19.6. The van der Waals surface area contributed by atoms with Gasteiger partial charge in [-0.1, -0.05) is 5.16 Å². The molecule has 0 unspecified atom stereocenters. The number of carbonyl (C=O) groups is 1. The average Bonchev–Trinajstić information content (AvgIpc) is 3.42. The van der Waals surface area contributed by atoms with E-state index in [1.165, 1.54) is 0 Å². The van der Waals surface area contributed by atoms with Crippen LogP contribution in [0.3, 0.4) is 0 Å². The van der Waals surface area contributed by atoms with Gasteiger partial charge in [-0.3, -0.25) is 4.79 Å². The lowest BCUT2D eigenvalue weighted by Gasteiger charge is -2.33. The van der Waals surface area contributed by atoms with Gasteiger partial charge in [0.25, 0.3) is 0 Å². The van der Waals surface area contributed by atoms with Gasteiger partial charge in [-0.25, -0.2) is 0 Å². The van der Waals surface area contributed by atoms with Gasteiger partial charge in [-0.2, -0.15) is 4.98 Å². The molecule has 2 aromatic rings. The molecule has 2 fully saturated rings. The molecular weight excluding hydrogens is 326 g/mol. The van der Waals surface area contributed by atoms with Crippen molar-refractivity contribution in [3.05, 3.63) is 24.3 Å². The molecule has 2 aliphatic rings. The first-order chi connectivity index (χ1) is 12.3. The largest absolute Gasteiger partial charge is 0.461 e. The fourth-order valence-corrected chi connectivity index (χ4v) is 3.30. The van der Waals surface area contributed by atoms with Crippen molar-refractivity contribution in [3.8, 4) is 11.6 Å². The summed E-state index contributed by atoms with van der Waals surface area (Å²) < 4.78 is 21.5. The van der Waals surface area contributed by atoms with Gasteiger partial charge in [0.05, 0.1) is 19.5 Å². The minimum atomic E-state index is -0.0873. The first-order valence-electron chi connectivity index (χ1n) is 8.67. The molecule has 1 amide bonds. The van der Waals surface area contributed by atoms with Crippen LogP contribution in [-0.4, -0.2) is 53.5 Å². The second kappa shape index (κ2) is 7.37. The Kier molecular flexibility index (Phi) is 4.80. The van der Waals surface area contributed by atoms with E-state index in [-0.39, 0.29) is 12.2 Å². The number of furan rings is 1. The van der Waals surface area contributed by atoms with Crippen LogP contribution in [0.15, 0.2) is 27.3 Å². The lowest BCUT2D eigenvalue weighted by atomic mass is 9.96. The van der Waals surface area contributed by atoms with E-state index >= 15 is 0 Å². The van der Waals surface area contributed by atoms with Crippen LogP contribution in [0.1, 0.15) is 25.2 Å². The van der Waals surface area contributed by atoms with Gasteiger partial charge in [0.2, 0.25) is 17.6 Å². The minimum absolute atomic E-state index is 0.0873. The van der Waals surface area contributed by atoms with Gasteiger partial charge in [0.15, 0.2) is 12.1 Å². The van der Waals surface area contributed by atoms with Crippen molar-refractivity contribution >= 4 is 5.91 Å². The molecule has 0 radical (unpaired) electrons. The summed E-state index contributed by atoms with van der Waals surface area (Å²) in [6.45, 7) is 2.84. The fraction of sp³-hybridized carbons (Fsp3) is 0.588. The zero-order valence-corrected chi connectivity index (χ0v) is 13.9. The number of likely N-dealkylation sites (tertiary alicyclic amines) is 1. The third-order valence-corrected chi connectivity index (χ3v) is 4.69. The third-order valence-electron chi connectivity index (χ3n) is 4.69. The van der Waals surface area contributed by atoms with E-state index in [9.17, 15) is 4.79 Å². The Labute approximate surface area is 145 Å². The molecule has 0 aromatic carbocycles. The summed E-state index contributed by atoms with van der Waals surface area (Å²) in [6, 6.07) is 3.53. The molecule has 2 aromatic heterocycles. The van der Waals surface area contributed by atoms with Crippen molar-refractivity contribution in [2.45, 2.75) is 32.0 Å². The number of carbonyl (C=O) groups excluding carboxylic acids is 1. The molecule has 4 rings (SSSR count). The lowest BCUT2D eigenvalue weighted by molar-refractivity contribution is -0.136. The van der Waals surface area contributed by atoms with Gasteiger partial charge in [-0.05, 0) is 25.0 Å². The van der Waals surface area contributed by atoms with Crippen LogP contribution in [-0.2, 0) is 20.7 Å². The van der Waals surface area contributed by atoms with Crippen LogP contribution < -0.4 is 0 Å². The highest BCUT2D eigenvalue weighted by molar-refractivity contribution is 5.76. The molecule has 0 aliphatic carbocycles. The van der Waals surface area contributed by atoms with Crippen molar-refractivity contribution in [2.24, 2.45) is 5.92 Å². The highest BCUT2D eigenvalue weighted by Crippen LogP contribution is 2.26. The second-order valence-corrected chi connectivity index (χ2v) is 6.32. The molecule has 2 aliphatic heterocycles. The van der Waals surface area contributed by atoms with Crippen LogP contribution in [0.25, 0.3) is 11.6 Å². The highest BCUT2D eigenvalue weighted by atomic mass is 16.7. The minimum Gasteiger partial charge on any atom is -0.461 e. The van der Waals surface area contributed by atoms with Crippen LogP contribution in [0.5, 0.6) is 0 Å². The number of piperidine rings is 1. The van der Waals surface area contributed by atoms with E-state index in [1.807, 2.05) is 4.90 Å². The summed E-state index contributed by atoms with van der Waals surface area (Å²) in [5.41, 5.74) is 0. The van der Waals surface area contributed by atoms with E-state index in [0.717, 1.165) is 25.9 Å². The Hall–Kier alpha value is -2.19. The first-order valence-corrected chi connectivity index (χ1v) is 8.67. The molecule has 0 saturated carbocycles. The Morgan fingerprint density at radius 2 is 2.04 bits per heavy atom. The second-order valence-electron chi connectivity index (χ2n) is 6.32. The van der Waals surface area contributed by atoms with Crippen LogP contribution >= 0.6 is 0 Å². The van der Waals surface area contributed by atoms with Gasteiger partial charge < -0.3 is 23.3 Å². The molecule has 25 heavy (non-hydrogen) atoms. The van der Waals surface area contributed by atoms with E-state index in [4.69, 9.17) is 18.4 Å². The zero-order chi connectivity index (χ0) is 17.1. The summed E-state index contributed by atoms with van der Waals surface area (Å²) in [7, 11) is 0. The SMILES string of the molecule is O=C(CCc1nc(-c2ccco2)no1)N1CCC(C2OCCO2)CC1. The molecule has 4 heterocycles. The predicted molar refractivity (Wildman–Crippen MR) is 85.3 cm³/mol. The van der Waals surface area contributed by atoms with Crippen molar-refractivity contribution < 1.29 is 23.2 Å². The highest BCUT2D eigenvalue weighted by Gasteiger charge is 2.31. The van der Waals surface area contributed by atoms with E-state index in [2.05, 4.69) is 10.1 Å². The maximum Gasteiger partial charge on any atom is 0.238 e. The summed E-state index contributed by atoms with van der Waals surface area (Å²) in [5, 5.41) is 3.87. The summed E-state index contributed by atoms with van der Waals surface area (Å²) in [4.78, 5) is 18.5. The van der Waals surface area contributed by atoms with Crippen LogP contribution in [0.2, 0.25) is 0 Å². The van der Waals surface area contributed by atoms with Gasteiger partial charge >= 0.3 is 0 Å². The maximum absolute atomic E-state index is 12.4. The van der Waals surface area contributed by atoms with Crippen LogP contribution in [0, 0.1) is 5.92 Å². The van der Waals surface area contributed by atoms with E-state index < -0.39 is 0 Å². The number of aryl methyl sites for hydroxylation is 1. The number of rotatable bonds is 5. The number of hydrogen-bond donors (Lipinski definition) is 0. The number of nitrogens with zero attached hydrogens (tertiary/aromatic N) is 3. The van der Waals surface area contributed by atoms with Crippen molar-refractivity contribution in [2.75, 3.05) is 26.3 Å². The smallest absolute Gasteiger partial charge is 0.238 e. The summed E-state index contributed by atoms with van der Waals surface area (Å²) in [6.07, 6.45) is 4.09. The van der Waals surface area contributed by atoms with Crippen molar-refractivity contribution in [1.82, 2.24) is 15.0 Å². The monoisotopic (exact) mass is 347 g/mol. The molecule has 0 atom stereocenters. The maximum atomic E-state index is 12.4. The molecule has 2 saturated heterocycles. The first kappa shape index (κ1) is 16.3. The molecule has 8 heteroatoms.